The SMILES string of the molecule is Cc1nc(Cc2nnc(Sc3nc4c(cnn4-c4ccccc4)c(=O)[nH]3)o2)cs1. The summed E-state index contributed by atoms with van der Waals surface area (Å²) in [6.45, 7) is 1.95. The van der Waals surface area contributed by atoms with Gasteiger partial charge in [0, 0.05) is 17.1 Å². The molecule has 0 aliphatic carbocycles. The van der Waals surface area contributed by atoms with E-state index in [1.54, 1.807) is 16.0 Å². The van der Waals surface area contributed by atoms with E-state index in [1.807, 2.05) is 42.6 Å². The fourth-order valence-electron chi connectivity index (χ4n) is 2.78. The third-order valence-corrected chi connectivity index (χ3v) is 5.60. The van der Waals surface area contributed by atoms with Crippen molar-refractivity contribution in [1.29, 1.82) is 0 Å². The summed E-state index contributed by atoms with van der Waals surface area (Å²) >= 11 is 2.67. The van der Waals surface area contributed by atoms with Crippen LogP contribution in [0.1, 0.15) is 16.6 Å². The molecule has 1 N–H and O–H groups in total. The molecule has 0 unspecified atom stereocenters. The van der Waals surface area contributed by atoms with Crippen molar-refractivity contribution in [2.24, 2.45) is 0 Å². The number of hydrogen-bond donors (Lipinski definition) is 1. The molecule has 0 saturated heterocycles. The standard InChI is InChI=1S/C18H13N7O2S2/c1-10-20-11(9-28-10)7-14-23-24-18(27-14)29-17-21-15-13(16(26)22-17)8-19-25(15)12-5-3-2-4-6-12/h2-6,8-9H,7H2,1H3,(H,21,22,26). The van der Waals surface area contributed by atoms with Crippen molar-refractivity contribution in [1.82, 2.24) is 34.9 Å². The fraction of sp³-hybridized carbons (Fsp3) is 0.111. The zero-order valence-electron chi connectivity index (χ0n) is 15.1. The number of H-pyrrole nitrogens is 1. The zero-order valence-corrected chi connectivity index (χ0v) is 16.7. The summed E-state index contributed by atoms with van der Waals surface area (Å²) in [4.78, 5) is 24.1. The number of rotatable bonds is 5. The minimum Gasteiger partial charge on any atom is -0.415 e. The van der Waals surface area contributed by atoms with Crippen molar-refractivity contribution in [2.75, 3.05) is 0 Å². The van der Waals surface area contributed by atoms with Gasteiger partial charge >= 0.3 is 0 Å². The van der Waals surface area contributed by atoms with Crippen molar-refractivity contribution in [3.8, 4) is 5.69 Å². The highest BCUT2D eigenvalue weighted by Gasteiger charge is 2.15. The van der Waals surface area contributed by atoms with E-state index in [0.29, 0.717) is 33.7 Å². The van der Waals surface area contributed by atoms with Gasteiger partial charge in [-0.3, -0.25) is 4.79 Å². The van der Waals surface area contributed by atoms with Crippen molar-refractivity contribution in [2.45, 2.75) is 23.7 Å². The number of nitrogens with zero attached hydrogens (tertiary/aromatic N) is 6. The van der Waals surface area contributed by atoms with Crippen LogP contribution in [0, 0.1) is 6.92 Å². The van der Waals surface area contributed by atoms with Crippen LogP contribution in [0.25, 0.3) is 16.7 Å². The van der Waals surface area contributed by atoms with Crippen LogP contribution in [-0.2, 0) is 6.42 Å². The molecule has 144 valence electrons. The van der Waals surface area contributed by atoms with Crippen molar-refractivity contribution in [3.05, 3.63) is 68.9 Å². The van der Waals surface area contributed by atoms with E-state index in [-0.39, 0.29) is 5.56 Å². The summed E-state index contributed by atoms with van der Waals surface area (Å²) in [5.41, 5.74) is 1.88. The van der Waals surface area contributed by atoms with Crippen LogP contribution in [0.3, 0.4) is 0 Å². The lowest BCUT2D eigenvalue weighted by Crippen LogP contribution is -2.09. The van der Waals surface area contributed by atoms with Gasteiger partial charge in [-0.15, -0.1) is 21.5 Å². The summed E-state index contributed by atoms with van der Waals surface area (Å²) in [5, 5.41) is 16.4. The average Bonchev–Trinajstić information content (AvgIpc) is 3.44. The van der Waals surface area contributed by atoms with Gasteiger partial charge in [0.25, 0.3) is 10.8 Å². The average molecular weight is 423 g/mol. The van der Waals surface area contributed by atoms with Crippen LogP contribution in [0.15, 0.2) is 61.5 Å². The Bertz CT molecular complexity index is 1350. The number of aromatic amines is 1. The van der Waals surface area contributed by atoms with Gasteiger partial charge in [-0.25, -0.2) is 14.6 Å². The number of aryl methyl sites for hydroxylation is 1. The summed E-state index contributed by atoms with van der Waals surface area (Å²) in [6.07, 6.45) is 1.96. The second kappa shape index (κ2) is 7.26. The Balaban J connectivity index is 1.44. The minimum absolute atomic E-state index is 0.280. The molecule has 0 spiro atoms. The second-order valence-electron chi connectivity index (χ2n) is 6.10. The summed E-state index contributed by atoms with van der Waals surface area (Å²) in [7, 11) is 0. The van der Waals surface area contributed by atoms with Crippen LogP contribution in [0.5, 0.6) is 0 Å². The summed E-state index contributed by atoms with van der Waals surface area (Å²) < 4.78 is 7.29. The number of fused-ring (bicyclic) bond motifs is 1. The van der Waals surface area contributed by atoms with Gasteiger partial charge in [0.05, 0.1) is 29.0 Å². The van der Waals surface area contributed by atoms with Crippen LogP contribution >= 0.6 is 23.1 Å². The molecule has 11 heteroatoms. The molecule has 4 aromatic heterocycles. The molecule has 0 atom stereocenters. The van der Waals surface area contributed by atoms with Gasteiger partial charge in [-0.05, 0) is 19.1 Å². The third-order valence-electron chi connectivity index (χ3n) is 4.05. The molecular weight excluding hydrogens is 410 g/mol. The molecule has 5 aromatic rings. The van der Waals surface area contributed by atoms with Crippen LogP contribution in [0.4, 0.5) is 0 Å². The Labute approximate surface area is 171 Å². The first-order chi connectivity index (χ1) is 14.2. The van der Waals surface area contributed by atoms with Gasteiger partial charge in [-0.2, -0.15) is 5.10 Å². The highest BCUT2D eigenvalue weighted by atomic mass is 32.2. The molecule has 4 heterocycles. The molecule has 1 aromatic carbocycles. The Morgan fingerprint density at radius 1 is 1.21 bits per heavy atom. The Hall–Kier alpha value is -3.31. The quantitative estimate of drug-likeness (QED) is 0.429. The summed E-state index contributed by atoms with van der Waals surface area (Å²) in [6, 6.07) is 9.50. The lowest BCUT2D eigenvalue weighted by Gasteiger charge is -2.03. The molecular formula is C18H13N7O2S2. The normalized spacial score (nSPS) is 11.3. The minimum atomic E-state index is -0.280. The molecule has 0 fully saturated rings. The van der Waals surface area contributed by atoms with Gasteiger partial charge in [0.1, 0.15) is 5.39 Å². The largest absolute Gasteiger partial charge is 0.415 e. The molecule has 5 rings (SSSR count). The zero-order chi connectivity index (χ0) is 19.8. The predicted octanol–water partition coefficient (Wildman–Crippen LogP) is 3.00. The summed E-state index contributed by atoms with van der Waals surface area (Å²) in [5.74, 6) is 0.454. The Kier molecular flexibility index (Phi) is 4.45. The molecule has 0 radical (unpaired) electrons. The van der Waals surface area contributed by atoms with E-state index >= 15 is 0 Å². The molecule has 29 heavy (non-hydrogen) atoms. The van der Waals surface area contributed by atoms with Crippen LogP contribution in [0.2, 0.25) is 0 Å². The first kappa shape index (κ1) is 17.8. The molecule has 9 nitrogen and oxygen atoms in total. The first-order valence-corrected chi connectivity index (χ1v) is 10.3. The predicted molar refractivity (Wildman–Crippen MR) is 108 cm³/mol. The maximum absolute atomic E-state index is 12.4. The smallest absolute Gasteiger partial charge is 0.284 e. The van der Waals surface area contributed by atoms with Gasteiger partial charge in [0.15, 0.2) is 10.8 Å². The monoisotopic (exact) mass is 423 g/mol. The van der Waals surface area contributed by atoms with Crippen molar-refractivity contribution < 1.29 is 4.42 Å². The van der Waals surface area contributed by atoms with Gasteiger partial charge < -0.3 is 9.40 Å². The van der Waals surface area contributed by atoms with E-state index in [1.165, 1.54) is 6.20 Å². The number of nitrogens with one attached hydrogen (secondary N) is 1. The van der Waals surface area contributed by atoms with E-state index in [4.69, 9.17) is 4.42 Å². The van der Waals surface area contributed by atoms with Crippen molar-refractivity contribution in [3.63, 3.8) is 0 Å². The lowest BCUT2D eigenvalue weighted by molar-refractivity contribution is 0.419. The molecule has 0 saturated carbocycles. The molecule has 0 bridgehead atoms. The maximum atomic E-state index is 12.4. The van der Waals surface area contributed by atoms with Crippen LogP contribution < -0.4 is 5.56 Å². The molecule has 0 aliphatic rings. The molecule has 0 aliphatic heterocycles. The highest BCUT2D eigenvalue weighted by molar-refractivity contribution is 7.98. The second-order valence-corrected chi connectivity index (χ2v) is 8.10. The third kappa shape index (κ3) is 3.57. The Morgan fingerprint density at radius 3 is 2.86 bits per heavy atom. The number of thiazole rings is 1. The highest BCUT2D eigenvalue weighted by Crippen LogP contribution is 2.25. The van der Waals surface area contributed by atoms with E-state index in [2.05, 4.69) is 30.2 Å². The maximum Gasteiger partial charge on any atom is 0.284 e. The van der Waals surface area contributed by atoms with Crippen LogP contribution in [-0.4, -0.2) is 34.9 Å². The number of hydrogen-bond acceptors (Lipinski definition) is 9. The van der Waals surface area contributed by atoms with E-state index in [0.717, 1.165) is 28.2 Å². The number of para-hydroxylation sites is 1. The van der Waals surface area contributed by atoms with Crippen molar-refractivity contribution >= 4 is 34.1 Å². The van der Waals surface area contributed by atoms with Gasteiger partial charge in [0.2, 0.25) is 5.89 Å². The number of benzene rings is 1. The van der Waals surface area contributed by atoms with Gasteiger partial charge in [-0.1, -0.05) is 18.2 Å². The first-order valence-electron chi connectivity index (χ1n) is 8.60. The number of aromatic nitrogens is 7. The lowest BCUT2D eigenvalue weighted by atomic mass is 10.3. The Morgan fingerprint density at radius 2 is 2.07 bits per heavy atom. The molecule has 0 amide bonds. The van der Waals surface area contributed by atoms with E-state index < -0.39 is 0 Å². The van der Waals surface area contributed by atoms with E-state index in [9.17, 15) is 4.79 Å². The fourth-order valence-corrected chi connectivity index (χ4v) is 4.06. The topological polar surface area (TPSA) is 115 Å².